The van der Waals surface area contributed by atoms with Gasteiger partial charge in [0.1, 0.15) is 5.70 Å². The number of rotatable bonds is 5. The van der Waals surface area contributed by atoms with Gasteiger partial charge in [-0.2, -0.15) is 4.68 Å². The minimum Gasteiger partial charge on any atom is -0.344 e. The highest BCUT2D eigenvalue weighted by Gasteiger charge is 2.19. The molecule has 1 amide bonds. The smallest absolute Gasteiger partial charge is 0.270 e. The van der Waals surface area contributed by atoms with Crippen LogP contribution >= 0.6 is 0 Å². The number of aromatic nitrogens is 4. The van der Waals surface area contributed by atoms with E-state index in [1.807, 2.05) is 68.4 Å². The van der Waals surface area contributed by atoms with Crippen molar-refractivity contribution in [1.29, 1.82) is 0 Å². The van der Waals surface area contributed by atoms with Crippen molar-refractivity contribution in [3.63, 3.8) is 0 Å². The minimum absolute atomic E-state index is 0.139. The predicted molar refractivity (Wildman–Crippen MR) is 101 cm³/mol. The van der Waals surface area contributed by atoms with Gasteiger partial charge in [0.25, 0.3) is 5.91 Å². The second kappa shape index (κ2) is 7.74. The van der Waals surface area contributed by atoms with Gasteiger partial charge in [0, 0.05) is 0 Å². The summed E-state index contributed by atoms with van der Waals surface area (Å²) in [4.78, 5) is 13.0. The van der Waals surface area contributed by atoms with E-state index in [0.717, 1.165) is 16.7 Å². The average molecular weight is 347 g/mol. The topological polar surface area (TPSA) is 72.7 Å². The Morgan fingerprint density at radius 3 is 2.42 bits per heavy atom. The molecule has 6 nitrogen and oxygen atoms in total. The van der Waals surface area contributed by atoms with Crippen molar-refractivity contribution in [3.05, 3.63) is 77.1 Å². The Labute approximate surface area is 152 Å². The molecule has 3 aromatic rings. The van der Waals surface area contributed by atoms with Gasteiger partial charge in [0.05, 0.1) is 6.04 Å². The fourth-order valence-electron chi connectivity index (χ4n) is 2.81. The SMILES string of the molecule is Cc1ccccc1[C@H](C)NC(=O)/C(=C/c1ccccc1)n1nnnc1C. The maximum absolute atomic E-state index is 13.0. The Balaban J connectivity index is 1.92. The molecule has 6 heteroatoms. The van der Waals surface area contributed by atoms with Gasteiger partial charge in [-0.15, -0.1) is 5.10 Å². The Bertz CT molecular complexity index is 930. The summed E-state index contributed by atoms with van der Waals surface area (Å²) >= 11 is 0. The molecule has 2 aromatic carbocycles. The van der Waals surface area contributed by atoms with E-state index in [1.54, 1.807) is 13.0 Å². The number of amides is 1. The molecule has 1 atom stereocenters. The summed E-state index contributed by atoms with van der Waals surface area (Å²) in [5.41, 5.74) is 3.48. The number of carbonyl (C=O) groups is 1. The van der Waals surface area contributed by atoms with Crippen LogP contribution in [0.25, 0.3) is 11.8 Å². The van der Waals surface area contributed by atoms with Gasteiger partial charge in [-0.05, 0) is 54.0 Å². The summed E-state index contributed by atoms with van der Waals surface area (Å²) in [7, 11) is 0. The quantitative estimate of drug-likeness (QED) is 0.720. The van der Waals surface area contributed by atoms with Crippen LogP contribution in [0.4, 0.5) is 0 Å². The van der Waals surface area contributed by atoms with E-state index in [9.17, 15) is 4.79 Å². The van der Waals surface area contributed by atoms with E-state index in [0.29, 0.717) is 11.5 Å². The summed E-state index contributed by atoms with van der Waals surface area (Å²) in [6.45, 7) is 5.76. The highest BCUT2D eigenvalue weighted by molar-refractivity contribution is 6.18. The number of nitrogens with zero attached hydrogens (tertiary/aromatic N) is 4. The number of aryl methyl sites for hydroxylation is 2. The zero-order valence-electron chi connectivity index (χ0n) is 15.0. The standard InChI is InChI=1S/C20H21N5O/c1-14-9-7-8-12-18(14)15(2)21-20(26)19(25-16(3)22-23-24-25)13-17-10-5-4-6-11-17/h4-13,15H,1-3H3,(H,21,26)/b19-13-/t15-/m0/s1. The fraction of sp³-hybridized carbons (Fsp3) is 0.200. The number of benzene rings is 2. The van der Waals surface area contributed by atoms with Crippen LogP contribution in [0, 0.1) is 13.8 Å². The zero-order valence-corrected chi connectivity index (χ0v) is 15.0. The summed E-state index contributed by atoms with van der Waals surface area (Å²) in [6.07, 6.45) is 1.78. The average Bonchev–Trinajstić information content (AvgIpc) is 3.06. The predicted octanol–water partition coefficient (Wildman–Crippen LogP) is 3.17. The van der Waals surface area contributed by atoms with Gasteiger partial charge >= 0.3 is 0 Å². The van der Waals surface area contributed by atoms with Crippen LogP contribution in [0.2, 0.25) is 0 Å². The maximum Gasteiger partial charge on any atom is 0.270 e. The number of nitrogens with one attached hydrogen (secondary N) is 1. The number of tetrazole rings is 1. The van der Waals surface area contributed by atoms with E-state index in [4.69, 9.17) is 0 Å². The molecule has 0 saturated carbocycles. The molecule has 1 N–H and O–H groups in total. The molecule has 1 aromatic heterocycles. The lowest BCUT2D eigenvalue weighted by Crippen LogP contribution is -2.30. The Morgan fingerprint density at radius 2 is 1.77 bits per heavy atom. The van der Waals surface area contributed by atoms with E-state index in [1.165, 1.54) is 4.68 Å². The van der Waals surface area contributed by atoms with Crippen molar-refractivity contribution in [3.8, 4) is 0 Å². The van der Waals surface area contributed by atoms with Crippen LogP contribution in [0.3, 0.4) is 0 Å². The van der Waals surface area contributed by atoms with Gasteiger partial charge in [-0.3, -0.25) is 4.79 Å². The molecule has 26 heavy (non-hydrogen) atoms. The number of hydrogen-bond acceptors (Lipinski definition) is 4. The first-order valence-electron chi connectivity index (χ1n) is 8.45. The first kappa shape index (κ1) is 17.5. The van der Waals surface area contributed by atoms with Crippen LogP contribution < -0.4 is 5.32 Å². The molecule has 132 valence electrons. The van der Waals surface area contributed by atoms with Crippen LogP contribution in [0.15, 0.2) is 54.6 Å². The third kappa shape index (κ3) is 3.85. The largest absolute Gasteiger partial charge is 0.344 e. The number of carbonyl (C=O) groups excluding carboxylic acids is 1. The van der Waals surface area contributed by atoms with Gasteiger partial charge in [-0.25, -0.2) is 0 Å². The molecule has 0 bridgehead atoms. The highest BCUT2D eigenvalue weighted by atomic mass is 16.2. The van der Waals surface area contributed by atoms with Crippen molar-refractivity contribution in [2.45, 2.75) is 26.8 Å². The summed E-state index contributed by atoms with van der Waals surface area (Å²) in [5.74, 6) is 0.311. The first-order valence-corrected chi connectivity index (χ1v) is 8.45. The molecule has 0 radical (unpaired) electrons. The number of hydrogen-bond donors (Lipinski definition) is 1. The van der Waals surface area contributed by atoms with Crippen LogP contribution in [-0.2, 0) is 4.79 Å². The van der Waals surface area contributed by atoms with Crippen molar-refractivity contribution in [1.82, 2.24) is 25.5 Å². The van der Waals surface area contributed by atoms with Gasteiger partial charge < -0.3 is 5.32 Å². The highest BCUT2D eigenvalue weighted by Crippen LogP contribution is 2.19. The van der Waals surface area contributed by atoms with Gasteiger partial charge in [-0.1, -0.05) is 54.6 Å². The van der Waals surface area contributed by atoms with Crippen molar-refractivity contribution >= 4 is 17.7 Å². The van der Waals surface area contributed by atoms with E-state index in [2.05, 4.69) is 20.8 Å². The van der Waals surface area contributed by atoms with Gasteiger partial charge in [0.2, 0.25) is 0 Å². The molecule has 0 saturated heterocycles. The molecular formula is C20H21N5O. The molecular weight excluding hydrogens is 326 g/mol. The second-order valence-electron chi connectivity index (χ2n) is 6.13. The molecule has 0 fully saturated rings. The lowest BCUT2D eigenvalue weighted by Gasteiger charge is -2.18. The molecule has 0 aliphatic heterocycles. The molecule has 1 heterocycles. The fourth-order valence-corrected chi connectivity index (χ4v) is 2.81. The maximum atomic E-state index is 13.0. The normalized spacial score (nSPS) is 12.7. The third-order valence-electron chi connectivity index (χ3n) is 4.19. The minimum atomic E-state index is -0.236. The second-order valence-corrected chi connectivity index (χ2v) is 6.13. The van der Waals surface area contributed by atoms with E-state index in [-0.39, 0.29) is 11.9 Å². The van der Waals surface area contributed by atoms with Crippen molar-refractivity contribution < 1.29 is 4.79 Å². The Morgan fingerprint density at radius 1 is 1.08 bits per heavy atom. The van der Waals surface area contributed by atoms with Crippen LogP contribution in [-0.4, -0.2) is 26.1 Å². The van der Waals surface area contributed by atoms with Gasteiger partial charge in [0.15, 0.2) is 5.82 Å². The Kier molecular flexibility index (Phi) is 5.22. The van der Waals surface area contributed by atoms with Crippen LogP contribution in [0.5, 0.6) is 0 Å². The Hall–Kier alpha value is -3.28. The summed E-state index contributed by atoms with van der Waals surface area (Å²) in [5, 5.41) is 14.6. The van der Waals surface area contributed by atoms with E-state index < -0.39 is 0 Å². The molecule has 0 aliphatic rings. The zero-order chi connectivity index (χ0) is 18.5. The van der Waals surface area contributed by atoms with E-state index >= 15 is 0 Å². The molecule has 0 aliphatic carbocycles. The molecule has 0 spiro atoms. The lowest BCUT2D eigenvalue weighted by molar-refractivity contribution is -0.116. The molecule has 0 unspecified atom stereocenters. The summed E-state index contributed by atoms with van der Waals surface area (Å²) < 4.78 is 1.45. The monoisotopic (exact) mass is 347 g/mol. The third-order valence-corrected chi connectivity index (χ3v) is 4.19. The van der Waals surface area contributed by atoms with Crippen LogP contribution in [0.1, 0.15) is 35.5 Å². The lowest BCUT2D eigenvalue weighted by atomic mass is 10.0. The first-order chi connectivity index (χ1) is 12.6. The van der Waals surface area contributed by atoms with Crippen molar-refractivity contribution in [2.75, 3.05) is 0 Å². The van der Waals surface area contributed by atoms with Crippen molar-refractivity contribution in [2.24, 2.45) is 0 Å². The summed E-state index contributed by atoms with van der Waals surface area (Å²) in [6, 6.07) is 17.5. The molecule has 3 rings (SSSR count).